The van der Waals surface area contributed by atoms with E-state index in [1.165, 1.54) is 0 Å². The molecule has 1 rings (SSSR count). The van der Waals surface area contributed by atoms with Crippen molar-refractivity contribution in [2.75, 3.05) is 7.11 Å². The Labute approximate surface area is 106 Å². The van der Waals surface area contributed by atoms with Crippen LogP contribution in [0.1, 0.15) is 25.8 Å². The molecule has 0 saturated heterocycles. The van der Waals surface area contributed by atoms with E-state index in [-0.39, 0.29) is 6.10 Å². The molecule has 16 heavy (non-hydrogen) atoms. The molecule has 1 aromatic carbocycles. The van der Waals surface area contributed by atoms with Crippen LogP contribution in [0.5, 0.6) is 5.75 Å². The Morgan fingerprint density at radius 2 is 2.12 bits per heavy atom. The van der Waals surface area contributed by atoms with Crippen LogP contribution in [0, 0.1) is 5.92 Å². The Hall–Kier alpha value is -0.540. The highest BCUT2D eigenvalue weighted by molar-refractivity contribution is 9.10. The first-order chi connectivity index (χ1) is 7.58. The lowest BCUT2D eigenvalue weighted by molar-refractivity contribution is 0.114. The van der Waals surface area contributed by atoms with Gasteiger partial charge in [-0.05, 0) is 29.7 Å². The molecule has 0 bridgehead atoms. The van der Waals surface area contributed by atoms with Gasteiger partial charge in [-0.15, -0.1) is 0 Å². The SMILES string of the molecule is CCC(C)C(O)Cc1cc(Br)ccc1OC. The fraction of sp³-hybridized carbons (Fsp3) is 0.538. The fourth-order valence-electron chi connectivity index (χ4n) is 1.61. The summed E-state index contributed by atoms with van der Waals surface area (Å²) in [4.78, 5) is 0. The lowest BCUT2D eigenvalue weighted by atomic mass is 9.95. The van der Waals surface area contributed by atoms with E-state index in [2.05, 4.69) is 29.8 Å². The minimum atomic E-state index is -0.312. The van der Waals surface area contributed by atoms with Gasteiger partial charge in [0.05, 0.1) is 13.2 Å². The van der Waals surface area contributed by atoms with Gasteiger partial charge in [-0.3, -0.25) is 0 Å². The summed E-state index contributed by atoms with van der Waals surface area (Å²) in [6.45, 7) is 4.15. The molecule has 0 heterocycles. The van der Waals surface area contributed by atoms with Gasteiger partial charge < -0.3 is 9.84 Å². The molecule has 0 aliphatic heterocycles. The van der Waals surface area contributed by atoms with Gasteiger partial charge in [0.1, 0.15) is 5.75 Å². The summed E-state index contributed by atoms with van der Waals surface area (Å²) in [6, 6.07) is 5.87. The molecular weight excluding hydrogens is 268 g/mol. The normalized spacial score (nSPS) is 14.6. The number of ether oxygens (including phenoxy) is 1. The van der Waals surface area contributed by atoms with Crippen LogP contribution in [0.2, 0.25) is 0 Å². The summed E-state index contributed by atoms with van der Waals surface area (Å²) in [6.07, 6.45) is 1.31. The third kappa shape index (κ3) is 3.49. The maximum atomic E-state index is 10.0. The lowest BCUT2D eigenvalue weighted by Crippen LogP contribution is -2.20. The minimum absolute atomic E-state index is 0.309. The van der Waals surface area contributed by atoms with Crippen molar-refractivity contribution in [1.82, 2.24) is 0 Å². The third-order valence-electron chi connectivity index (χ3n) is 2.97. The van der Waals surface area contributed by atoms with Crippen LogP contribution in [0.25, 0.3) is 0 Å². The van der Waals surface area contributed by atoms with Crippen LogP contribution >= 0.6 is 15.9 Å². The summed E-state index contributed by atoms with van der Waals surface area (Å²) in [5, 5.41) is 10.0. The molecule has 0 radical (unpaired) electrons. The van der Waals surface area contributed by atoms with Gasteiger partial charge in [0, 0.05) is 10.9 Å². The van der Waals surface area contributed by atoms with Crippen LogP contribution in [0.4, 0.5) is 0 Å². The summed E-state index contributed by atoms with van der Waals surface area (Å²) >= 11 is 3.43. The van der Waals surface area contributed by atoms with E-state index in [4.69, 9.17) is 4.74 Å². The smallest absolute Gasteiger partial charge is 0.122 e. The number of benzene rings is 1. The quantitative estimate of drug-likeness (QED) is 0.899. The zero-order valence-electron chi connectivity index (χ0n) is 10.0. The van der Waals surface area contributed by atoms with Crippen LogP contribution in [0.15, 0.2) is 22.7 Å². The van der Waals surface area contributed by atoms with Crippen molar-refractivity contribution in [3.63, 3.8) is 0 Å². The van der Waals surface area contributed by atoms with Gasteiger partial charge in [0.2, 0.25) is 0 Å². The van der Waals surface area contributed by atoms with E-state index in [1.54, 1.807) is 7.11 Å². The molecule has 0 spiro atoms. The molecule has 0 aromatic heterocycles. The molecular formula is C13H19BrO2. The van der Waals surface area contributed by atoms with E-state index in [1.807, 2.05) is 18.2 Å². The lowest BCUT2D eigenvalue weighted by Gasteiger charge is -2.18. The first-order valence-corrected chi connectivity index (χ1v) is 6.38. The Bertz CT molecular complexity index is 339. The predicted molar refractivity (Wildman–Crippen MR) is 69.9 cm³/mol. The first-order valence-electron chi connectivity index (χ1n) is 5.59. The molecule has 0 amide bonds. The van der Waals surface area contributed by atoms with Gasteiger partial charge in [-0.25, -0.2) is 0 Å². The van der Waals surface area contributed by atoms with E-state index >= 15 is 0 Å². The number of hydrogen-bond donors (Lipinski definition) is 1. The summed E-state index contributed by atoms with van der Waals surface area (Å²) in [7, 11) is 1.66. The maximum absolute atomic E-state index is 10.0. The topological polar surface area (TPSA) is 29.5 Å². The summed E-state index contributed by atoms with van der Waals surface area (Å²) < 4.78 is 6.30. The highest BCUT2D eigenvalue weighted by atomic mass is 79.9. The Balaban J connectivity index is 2.82. The second-order valence-electron chi connectivity index (χ2n) is 4.11. The molecule has 2 atom stereocenters. The number of aliphatic hydroxyl groups excluding tert-OH is 1. The molecule has 0 aliphatic carbocycles. The first kappa shape index (κ1) is 13.5. The summed E-state index contributed by atoms with van der Waals surface area (Å²) in [5.41, 5.74) is 1.05. The molecule has 2 unspecified atom stereocenters. The second kappa shape index (κ2) is 6.26. The largest absolute Gasteiger partial charge is 0.496 e. The van der Waals surface area contributed by atoms with Gasteiger partial charge in [0.25, 0.3) is 0 Å². The molecule has 0 fully saturated rings. The number of rotatable bonds is 5. The van der Waals surface area contributed by atoms with Crippen molar-refractivity contribution in [3.8, 4) is 5.75 Å². The van der Waals surface area contributed by atoms with Crippen LogP contribution < -0.4 is 4.74 Å². The van der Waals surface area contributed by atoms with Crippen molar-refractivity contribution in [1.29, 1.82) is 0 Å². The molecule has 90 valence electrons. The van der Waals surface area contributed by atoms with Gasteiger partial charge >= 0.3 is 0 Å². The molecule has 3 heteroatoms. The van der Waals surface area contributed by atoms with Crippen molar-refractivity contribution in [2.24, 2.45) is 5.92 Å². The van der Waals surface area contributed by atoms with Crippen molar-refractivity contribution >= 4 is 15.9 Å². The molecule has 1 aromatic rings. The maximum Gasteiger partial charge on any atom is 0.122 e. The molecule has 1 N–H and O–H groups in total. The minimum Gasteiger partial charge on any atom is -0.496 e. The molecule has 0 aliphatic rings. The number of methoxy groups -OCH3 is 1. The van der Waals surface area contributed by atoms with E-state index in [0.717, 1.165) is 22.2 Å². The highest BCUT2D eigenvalue weighted by Crippen LogP contribution is 2.25. The predicted octanol–water partition coefficient (Wildman–Crippen LogP) is 3.41. The summed E-state index contributed by atoms with van der Waals surface area (Å²) in [5.74, 6) is 1.15. The monoisotopic (exact) mass is 286 g/mol. The Kier molecular flexibility index (Phi) is 5.29. The van der Waals surface area contributed by atoms with Crippen LogP contribution in [-0.4, -0.2) is 18.3 Å². The van der Waals surface area contributed by atoms with Crippen molar-refractivity contribution in [2.45, 2.75) is 32.8 Å². The Morgan fingerprint density at radius 1 is 1.44 bits per heavy atom. The number of aliphatic hydroxyl groups is 1. The zero-order valence-corrected chi connectivity index (χ0v) is 11.6. The van der Waals surface area contributed by atoms with E-state index in [9.17, 15) is 5.11 Å². The van der Waals surface area contributed by atoms with Gasteiger partial charge in [0.15, 0.2) is 0 Å². The second-order valence-corrected chi connectivity index (χ2v) is 5.03. The Morgan fingerprint density at radius 3 is 2.69 bits per heavy atom. The molecule has 0 saturated carbocycles. The fourth-order valence-corrected chi connectivity index (χ4v) is 2.01. The van der Waals surface area contributed by atoms with Crippen LogP contribution in [0.3, 0.4) is 0 Å². The molecule has 2 nitrogen and oxygen atoms in total. The third-order valence-corrected chi connectivity index (χ3v) is 3.47. The van der Waals surface area contributed by atoms with E-state index < -0.39 is 0 Å². The van der Waals surface area contributed by atoms with Crippen molar-refractivity contribution in [3.05, 3.63) is 28.2 Å². The van der Waals surface area contributed by atoms with Gasteiger partial charge in [-0.2, -0.15) is 0 Å². The standard InChI is InChI=1S/C13H19BrO2/c1-4-9(2)12(15)8-10-7-11(14)5-6-13(10)16-3/h5-7,9,12,15H,4,8H2,1-3H3. The zero-order chi connectivity index (χ0) is 12.1. The van der Waals surface area contributed by atoms with Crippen LogP contribution in [-0.2, 0) is 6.42 Å². The van der Waals surface area contributed by atoms with Crippen molar-refractivity contribution < 1.29 is 9.84 Å². The van der Waals surface area contributed by atoms with E-state index in [0.29, 0.717) is 12.3 Å². The number of halogens is 1. The number of hydrogen-bond acceptors (Lipinski definition) is 2. The average Bonchev–Trinajstić information content (AvgIpc) is 2.28. The van der Waals surface area contributed by atoms with Gasteiger partial charge in [-0.1, -0.05) is 36.2 Å². The average molecular weight is 287 g/mol. The highest BCUT2D eigenvalue weighted by Gasteiger charge is 2.15.